The van der Waals surface area contributed by atoms with Crippen LogP contribution in [0, 0.1) is 13.8 Å². The molecule has 6 nitrogen and oxygen atoms in total. The first-order valence-corrected chi connectivity index (χ1v) is 9.87. The number of rotatable bonds is 3. The van der Waals surface area contributed by atoms with Crippen molar-refractivity contribution in [3.8, 4) is 5.69 Å². The molecule has 0 aliphatic carbocycles. The highest BCUT2D eigenvalue weighted by Crippen LogP contribution is 2.45. The molecule has 5 rings (SSSR count). The summed E-state index contributed by atoms with van der Waals surface area (Å²) < 4.78 is 8.20. The van der Waals surface area contributed by atoms with E-state index in [1.165, 1.54) is 16.7 Å². The molecule has 3 aliphatic rings. The molecule has 0 saturated carbocycles. The van der Waals surface area contributed by atoms with Crippen molar-refractivity contribution in [2.24, 2.45) is 0 Å². The number of ether oxygens (including phenoxy) is 1. The van der Waals surface area contributed by atoms with Crippen molar-refractivity contribution in [3.63, 3.8) is 0 Å². The summed E-state index contributed by atoms with van der Waals surface area (Å²) in [5, 5.41) is 4.46. The van der Waals surface area contributed by atoms with Gasteiger partial charge in [0, 0.05) is 44.9 Å². The van der Waals surface area contributed by atoms with E-state index in [0.29, 0.717) is 6.42 Å². The first-order chi connectivity index (χ1) is 13.1. The van der Waals surface area contributed by atoms with E-state index in [-0.39, 0.29) is 17.7 Å². The van der Waals surface area contributed by atoms with Gasteiger partial charge in [-0.25, -0.2) is 4.68 Å². The summed E-state index contributed by atoms with van der Waals surface area (Å²) in [6, 6.07) is 6.54. The van der Waals surface area contributed by atoms with Crippen LogP contribution in [0.5, 0.6) is 0 Å². The van der Waals surface area contributed by atoms with Gasteiger partial charge in [-0.05, 0) is 49.1 Å². The highest BCUT2D eigenvalue weighted by atomic mass is 16.5. The van der Waals surface area contributed by atoms with E-state index in [9.17, 15) is 4.79 Å². The molecule has 1 spiro atoms. The molecular weight excluding hydrogens is 340 g/mol. The monoisotopic (exact) mass is 366 g/mol. The Kier molecular flexibility index (Phi) is 3.88. The Morgan fingerprint density at radius 3 is 3.00 bits per heavy atom. The van der Waals surface area contributed by atoms with Crippen LogP contribution in [-0.4, -0.2) is 57.0 Å². The van der Waals surface area contributed by atoms with Gasteiger partial charge >= 0.3 is 0 Å². The lowest BCUT2D eigenvalue weighted by Gasteiger charge is -2.42. The molecular formula is C21H26N4O2. The molecule has 3 aliphatic heterocycles. The molecule has 1 amide bonds. The smallest absolute Gasteiger partial charge is 0.226 e. The first kappa shape index (κ1) is 17.0. The number of nitrogens with zero attached hydrogens (tertiary/aromatic N) is 4. The fourth-order valence-corrected chi connectivity index (χ4v) is 5.22. The fourth-order valence-electron chi connectivity index (χ4n) is 5.22. The van der Waals surface area contributed by atoms with E-state index in [4.69, 9.17) is 4.74 Å². The van der Waals surface area contributed by atoms with Crippen LogP contribution in [0.2, 0.25) is 0 Å². The second-order valence-corrected chi connectivity index (χ2v) is 8.06. The highest BCUT2D eigenvalue weighted by molar-refractivity contribution is 5.81. The third-order valence-electron chi connectivity index (χ3n) is 6.43. The molecule has 1 aromatic heterocycles. The number of aryl methyl sites for hydroxylation is 2. The first-order valence-electron chi connectivity index (χ1n) is 9.87. The molecule has 3 fully saturated rings. The SMILES string of the molecule is Cc1cc(C)c(CN2CC[C@@]34OCCCN3C(=O)C[C@@H]24)c(-n2cccn2)c1. The molecule has 1 aromatic carbocycles. The van der Waals surface area contributed by atoms with Crippen LogP contribution in [0.4, 0.5) is 0 Å². The molecule has 2 aromatic rings. The summed E-state index contributed by atoms with van der Waals surface area (Å²) >= 11 is 0. The average molecular weight is 366 g/mol. The lowest BCUT2D eigenvalue weighted by Crippen LogP contribution is -2.56. The van der Waals surface area contributed by atoms with Crippen molar-refractivity contribution >= 4 is 5.91 Å². The van der Waals surface area contributed by atoms with Gasteiger partial charge in [-0.1, -0.05) is 6.07 Å². The molecule has 0 unspecified atom stereocenters. The van der Waals surface area contributed by atoms with Crippen LogP contribution in [0.15, 0.2) is 30.6 Å². The average Bonchev–Trinajstić information content (AvgIpc) is 3.34. The predicted octanol–water partition coefficient (Wildman–Crippen LogP) is 2.41. The second-order valence-electron chi connectivity index (χ2n) is 8.06. The van der Waals surface area contributed by atoms with Gasteiger partial charge in [0.2, 0.25) is 5.91 Å². The van der Waals surface area contributed by atoms with E-state index >= 15 is 0 Å². The number of likely N-dealkylation sites (tertiary alicyclic amines) is 1. The van der Waals surface area contributed by atoms with Gasteiger partial charge in [0.25, 0.3) is 0 Å². The zero-order valence-electron chi connectivity index (χ0n) is 16.0. The van der Waals surface area contributed by atoms with Gasteiger partial charge < -0.3 is 9.64 Å². The summed E-state index contributed by atoms with van der Waals surface area (Å²) in [5.41, 5.74) is 4.52. The van der Waals surface area contributed by atoms with Crippen molar-refractivity contribution in [2.75, 3.05) is 19.7 Å². The van der Waals surface area contributed by atoms with Crippen molar-refractivity contribution in [2.45, 2.75) is 51.4 Å². The van der Waals surface area contributed by atoms with Gasteiger partial charge in [-0.2, -0.15) is 5.10 Å². The van der Waals surface area contributed by atoms with Crippen LogP contribution in [0.25, 0.3) is 5.69 Å². The zero-order chi connectivity index (χ0) is 18.6. The number of amides is 1. The number of benzene rings is 1. The second kappa shape index (κ2) is 6.17. The Hall–Kier alpha value is -2.18. The summed E-state index contributed by atoms with van der Waals surface area (Å²) in [4.78, 5) is 17.0. The van der Waals surface area contributed by atoms with Crippen LogP contribution < -0.4 is 0 Å². The van der Waals surface area contributed by atoms with Crippen LogP contribution in [-0.2, 0) is 16.1 Å². The van der Waals surface area contributed by atoms with Crippen LogP contribution >= 0.6 is 0 Å². The molecule has 2 atom stereocenters. The zero-order valence-corrected chi connectivity index (χ0v) is 16.0. The largest absolute Gasteiger partial charge is 0.354 e. The Morgan fingerprint density at radius 1 is 1.30 bits per heavy atom. The standard InChI is InChI=1S/C21H26N4O2/c1-15-11-16(2)17(18(12-15)25-8-3-6-22-25)14-23-9-5-21-19(23)13-20(26)24(21)7-4-10-27-21/h3,6,8,11-12,19H,4-5,7,9-10,13-14H2,1-2H3/t19-,21+/m1/s1. The molecule has 0 radical (unpaired) electrons. The van der Waals surface area contributed by atoms with Crippen LogP contribution in [0.1, 0.15) is 36.0 Å². The van der Waals surface area contributed by atoms with E-state index in [1.807, 2.05) is 28.0 Å². The molecule has 142 valence electrons. The van der Waals surface area contributed by atoms with E-state index in [1.54, 1.807) is 0 Å². The Labute approximate surface area is 159 Å². The van der Waals surface area contributed by atoms with Crippen molar-refractivity contribution in [3.05, 3.63) is 47.3 Å². The minimum Gasteiger partial charge on any atom is -0.354 e. The summed E-state index contributed by atoms with van der Waals surface area (Å²) in [5.74, 6) is 0.248. The van der Waals surface area contributed by atoms with Crippen molar-refractivity contribution < 1.29 is 9.53 Å². The highest BCUT2D eigenvalue weighted by Gasteiger charge is 2.60. The number of carbonyl (C=O) groups excluding carboxylic acids is 1. The third kappa shape index (κ3) is 2.54. The lowest BCUT2D eigenvalue weighted by atomic mass is 10.0. The number of aromatic nitrogens is 2. The normalized spacial score (nSPS) is 27.9. The topological polar surface area (TPSA) is 50.6 Å². The van der Waals surface area contributed by atoms with E-state index in [2.05, 4.69) is 36.0 Å². The van der Waals surface area contributed by atoms with Crippen molar-refractivity contribution in [1.82, 2.24) is 19.6 Å². The van der Waals surface area contributed by atoms with Gasteiger partial charge in [-0.3, -0.25) is 9.69 Å². The van der Waals surface area contributed by atoms with Gasteiger partial charge in [-0.15, -0.1) is 0 Å². The summed E-state index contributed by atoms with van der Waals surface area (Å²) in [7, 11) is 0. The molecule has 4 heterocycles. The van der Waals surface area contributed by atoms with Crippen LogP contribution in [0.3, 0.4) is 0 Å². The maximum Gasteiger partial charge on any atom is 0.226 e. The minimum atomic E-state index is -0.389. The number of hydrogen-bond acceptors (Lipinski definition) is 4. The third-order valence-corrected chi connectivity index (χ3v) is 6.43. The Balaban J connectivity index is 1.49. The molecule has 0 N–H and O–H groups in total. The van der Waals surface area contributed by atoms with Crippen molar-refractivity contribution in [1.29, 1.82) is 0 Å². The predicted molar refractivity (Wildman–Crippen MR) is 101 cm³/mol. The van der Waals surface area contributed by atoms with E-state index < -0.39 is 0 Å². The molecule has 6 heteroatoms. The molecule has 27 heavy (non-hydrogen) atoms. The lowest BCUT2D eigenvalue weighted by molar-refractivity contribution is -0.180. The molecule has 3 saturated heterocycles. The molecule has 0 bridgehead atoms. The van der Waals surface area contributed by atoms with Gasteiger partial charge in [0.15, 0.2) is 5.72 Å². The maximum absolute atomic E-state index is 12.6. The Bertz CT molecular complexity index is 879. The summed E-state index contributed by atoms with van der Waals surface area (Å²) in [6.45, 7) is 7.67. The maximum atomic E-state index is 12.6. The summed E-state index contributed by atoms with van der Waals surface area (Å²) in [6.07, 6.45) is 6.23. The minimum absolute atomic E-state index is 0.150. The van der Waals surface area contributed by atoms with Gasteiger partial charge in [0.05, 0.1) is 18.3 Å². The fraction of sp³-hybridized carbons (Fsp3) is 0.524. The number of carbonyl (C=O) groups is 1. The number of hydrogen-bond donors (Lipinski definition) is 0. The quantitative estimate of drug-likeness (QED) is 0.837. The Morgan fingerprint density at radius 2 is 2.19 bits per heavy atom. The van der Waals surface area contributed by atoms with Gasteiger partial charge in [0.1, 0.15) is 0 Å². The van der Waals surface area contributed by atoms with E-state index in [0.717, 1.165) is 44.8 Å².